The summed E-state index contributed by atoms with van der Waals surface area (Å²) in [4.78, 5) is 34.1. The minimum Gasteiger partial charge on any atom is -0.497 e. The third-order valence-corrected chi connectivity index (χ3v) is 2.72. The summed E-state index contributed by atoms with van der Waals surface area (Å²) in [6.07, 6.45) is 2.66. The molecule has 0 bridgehead atoms. The number of benzene rings is 1. The zero-order valence-corrected chi connectivity index (χ0v) is 13.8. The number of esters is 1. The van der Waals surface area contributed by atoms with Crippen LogP contribution in [0.4, 0.5) is 4.79 Å². The summed E-state index contributed by atoms with van der Waals surface area (Å²) in [5, 5.41) is 4.40. The van der Waals surface area contributed by atoms with Gasteiger partial charge in [-0.15, -0.1) is 0 Å². The largest absolute Gasteiger partial charge is 0.497 e. The number of imide groups is 1. The Bertz CT molecular complexity index is 605. The summed E-state index contributed by atoms with van der Waals surface area (Å²) < 4.78 is 15.0. The number of hydrogen-bond donors (Lipinski definition) is 2. The molecule has 8 heteroatoms. The molecule has 130 valence electrons. The maximum absolute atomic E-state index is 11.6. The maximum Gasteiger partial charge on any atom is 0.331 e. The summed E-state index contributed by atoms with van der Waals surface area (Å²) in [5.41, 5.74) is 0.662. The van der Waals surface area contributed by atoms with Gasteiger partial charge in [0.2, 0.25) is 0 Å². The van der Waals surface area contributed by atoms with Crippen LogP contribution in [0.1, 0.15) is 12.5 Å². The Hall–Kier alpha value is -3.03. The summed E-state index contributed by atoms with van der Waals surface area (Å²) >= 11 is 0. The first-order valence-electron chi connectivity index (χ1n) is 7.14. The highest BCUT2D eigenvalue weighted by molar-refractivity contribution is 5.96. The van der Waals surface area contributed by atoms with Crippen LogP contribution in [-0.2, 0) is 14.3 Å². The molecular weight excluding hydrogens is 316 g/mol. The Labute approximate surface area is 139 Å². The number of amides is 3. The van der Waals surface area contributed by atoms with Gasteiger partial charge >= 0.3 is 12.0 Å². The monoisotopic (exact) mass is 336 g/mol. The van der Waals surface area contributed by atoms with Gasteiger partial charge in [-0.1, -0.05) is 0 Å². The quantitative estimate of drug-likeness (QED) is 0.571. The van der Waals surface area contributed by atoms with Gasteiger partial charge in [0.15, 0.2) is 6.61 Å². The average Bonchev–Trinajstić information content (AvgIpc) is 2.57. The number of hydrogen-bond acceptors (Lipinski definition) is 6. The van der Waals surface area contributed by atoms with Crippen molar-refractivity contribution in [1.29, 1.82) is 0 Å². The molecule has 0 heterocycles. The second-order valence-corrected chi connectivity index (χ2v) is 4.49. The van der Waals surface area contributed by atoms with E-state index in [1.54, 1.807) is 25.1 Å². The fourth-order valence-electron chi connectivity index (χ4n) is 1.64. The molecule has 8 nitrogen and oxygen atoms in total. The molecule has 1 aromatic carbocycles. The Morgan fingerprint density at radius 1 is 1.08 bits per heavy atom. The molecule has 1 rings (SSSR count). The van der Waals surface area contributed by atoms with Crippen molar-refractivity contribution in [3.63, 3.8) is 0 Å². The number of nitrogens with one attached hydrogen (secondary N) is 2. The maximum atomic E-state index is 11.6. The van der Waals surface area contributed by atoms with E-state index in [1.807, 2.05) is 5.32 Å². The van der Waals surface area contributed by atoms with Crippen molar-refractivity contribution in [2.75, 3.05) is 27.4 Å². The van der Waals surface area contributed by atoms with E-state index in [9.17, 15) is 14.4 Å². The molecule has 0 aromatic heterocycles. The lowest BCUT2D eigenvalue weighted by molar-refractivity contribution is -0.143. The standard InChI is InChI=1S/C16H20N2O6/c1-4-17-16(21)18-14(19)10-24-15(20)6-5-11-7-12(22-2)9-13(8-11)23-3/h5-9H,4,10H2,1-3H3,(H2,17,18,19,21)/b6-5+. The molecule has 0 aliphatic rings. The topological polar surface area (TPSA) is 103 Å². The second kappa shape index (κ2) is 9.88. The van der Waals surface area contributed by atoms with Gasteiger partial charge in [-0.3, -0.25) is 10.1 Å². The Kier molecular flexibility index (Phi) is 7.83. The van der Waals surface area contributed by atoms with E-state index >= 15 is 0 Å². The van der Waals surface area contributed by atoms with Crippen LogP contribution in [0.2, 0.25) is 0 Å². The molecule has 0 saturated heterocycles. The smallest absolute Gasteiger partial charge is 0.331 e. The minimum absolute atomic E-state index is 0.381. The predicted molar refractivity (Wildman–Crippen MR) is 86.8 cm³/mol. The number of methoxy groups -OCH3 is 2. The minimum atomic E-state index is -0.720. The van der Waals surface area contributed by atoms with Crippen LogP contribution in [0, 0.1) is 0 Å². The summed E-state index contributed by atoms with van der Waals surface area (Å²) in [6, 6.07) is 4.46. The SMILES string of the molecule is CCNC(=O)NC(=O)COC(=O)/C=C/c1cc(OC)cc(OC)c1. The molecule has 0 unspecified atom stereocenters. The fraction of sp³-hybridized carbons (Fsp3) is 0.312. The summed E-state index contributed by atoms with van der Waals surface area (Å²) in [7, 11) is 3.04. The number of carbonyl (C=O) groups is 3. The number of carbonyl (C=O) groups excluding carboxylic acids is 3. The van der Waals surface area contributed by atoms with Crippen molar-refractivity contribution in [3.8, 4) is 11.5 Å². The van der Waals surface area contributed by atoms with Crippen molar-refractivity contribution in [2.45, 2.75) is 6.92 Å². The van der Waals surface area contributed by atoms with E-state index in [0.717, 1.165) is 6.08 Å². The Balaban J connectivity index is 2.54. The molecule has 24 heavy (non-hydrogen) atoms. The van der Waals surface area contributed by atoms with E-state index < -0.39 is 24.5 Å². The number of rotatable bonds is 7. The van der Waals surface area contributed by atoms with Crippen LogP contribution in [0.5, 0.6) is 11.5 Å². The molecule has 0 saturated carbocycles. The molecule has 0 radical (unpaired) electrons. The van der Waals surface area contributed by atoms with Crippen molar-refractivity contribution in [2.24, 2.45) is 0 Å². The van der Waals surface area contributed by atoms with Crippen molar-refractivity contribution in [1.82, 2.24) is 10.6 Å². The molecule has 0 aliphatic heterocycles. The number of ether oxygens (including phenoxy) is 3. The first-order valence-corrected chi connectivity index (χ1v) is 7.14. The van der Waals surface area contributed by atoms with Crippen LogP contribution >= 0.6 is 0 Å². The van der Waals surface area contributed by atoms with Crippen LogP contribution in [0.25, 0.3) is 6.08 Å². The van der Waals surface area contributed by atoms with Gasteiger partial charge in [0.05, 0.1) is 14.2 Å². The van der Waals surface area contributed by atoms with E-state index in [-0.39, 0.29) is 0 Å². The molecule has 0 spiro atoms. The van der Waals surface area contributed by atoms with E-state index in [2.05, 4.69) is 5.32 Å². The normalized spacial score (nSPS) is 10.1. The predicted octanol–water partition coefficient (Wildman–Crippen LogP) is 1.11. The van der Waals surface area contributed by atoms with E-state index in [0.29, 0.717) is 23.6 Å². The first kappa shape index (κ1) is 19.0. The van der Waals surface area contributed by atoms with Crippen LogP contribution in [0.15, 0.2) is 24.3 Å². The van der Waals surface area contributed by atoms with Gasteiger partial charge < -0.3 is 19.5 Å². The molecule has 1 aromatic rings. The Morgan fingerprint density at radius 2 is 1.71 bits per heavy atom. The van der Waals surface area contributed by atoms with E-state index in [1.165, 1.54) is 20.3 Å². The first-order chi connectivity index (χ1) is 11.5. The summed E-state index contributed by atoms with van der Waals surface area (Å²) in [5.74, 6) is -0.291. The van der Waals surface area contributed by atoms with Gasteiger partial charge in [-0.25, -0.2) is 9.59 Å². The lowest BCUT2D eigenvalue weighted by Gasteiger charge is -2.06. The van der Waals surface area contributed by atoms with Crippen molar-refractivity contribution < 1.29 is 28.6 Å². The second-order valence-electron chi connectivity index (χ2n) is 4.49. The van der Waals surface area contributed by atoms with Gasteiger partial charge in [0.25, 0.3) is 5.91 Å². The summed E-state index contributed by atoms with van der Waals surface area (Å²) in [6.45, 7) is 1.54. The molecule has 0 atom stereocenters. The molecule has 2 N–H and O–H groups in total. The highest BCUT2D eigenvalue weighted by Crippen LogP contribution is 2.23. The number of urea groups is 1. The molecule has 3 amide bonds. The third-order valence-electron chi connectivity index (χ3n) is 2.72. The molecule has 0 aliphatic carbocycles. The fourth-order valence-corrected chi connectivity index (χ4v) is 1.64. The average molecular weight is 336 g/mol. The van der Waals surface area contributed by atoms with Gasteiger partial charge in [-0.2, -0.15) is 0 Å². The van der Waals surface area contributed by atoms with Gasteiger partial charge in [-0.05, 0) is 30.7 Å². The van der Waals surface area contributed by atoms with Crippen LogP contribution < -0.4 is 20.1 Å². The van der Waals surface area contributed by atoms with Crippen molar-refractivity contribution >= 4 is 24.0 Å². The third kappa shape index (κ3) is 6.82. The van der Waals surface area contributed by atoms with Crippen molar-refractivity contribution in [3.05, 3.63) is 29.8 Å². The lowest BCUT2D eigenvalue weighted by Crippen LogP contribution is -2.41. The van der Waals surface area contributed by atoms with E-state index in [4.69, 9.17) is 14.2 Å². The zero-order chi connectivity index (χ0) is 17.9. The highest BCUT2D eigenvalue weighted by atomic mass is 16.5. The molecular formula is C16H20N2O6. The lowest BCUT2D eigenvalue weighted by atomic mass is 10.2. The van der Waals surface area contributed by atoms with Gasteiger partial charge in [0, 0.05) is 18.7 Å². The van der Waals surface area contributed by atoms with Crippen LogP contribution in [-0.4, -0.2) is 45.3 Å². The Morgan fingerprint density at radius 3 is 2.25 bits per heavy atom. The highest BCUT2D eigenvalue weighted by Gasteiger charge is 2.08. The van der Waals surface area contributed by atoms with Crippen LogP contribution in [0.3, 0.4) is 0 Å². The zero-order valence-electron chi connectivity index (χ0n) is 13.8. The van der Waals surface area contributed by atoms with Gasteiger partial charge in [0.1, 0.15) is 11.5 Å². The molecule has 0 fully saturated rings.